The summed E-state index contributed by atoms with van der Waals surface area (Å²) in [4.78, 5) is 22.1. The Kier molecular flexibility index (Phi) is 17.4. The van der Waals surface area contributed by atoms with Gasteiger partial charge in [-0.05, 0) is 51.9 Å². The van der Waals surface area contributed by atoms with Gasteiger partial charge in [0.1, 0.15) is 11.9 Å². The average Bonchev–Trinajstić information content (AvgIpc) is 3.00. The molecule has 0 amide bonds. The zero-order valence-electron chi connectivity index (χ0n) is 19.8. The Hall–Kier alpha value is -0.925. The number of cyclic esters (lactones) is 1. The molecule has 11 radical (unpaired) electrons. The van der Waals surface area contributed by atoms with Gasteiger partial charge in [-0.1, -0.05) is 32.4 Å². The van der Waals surface area contributed by atoms with Crippen molar-refractivity contribution in [3.05, 3.63) is 22.8 Å². The molecule has 1 saturated carbocycles. The number of allylic oxidation sites excluding steroid dienone is 1. The minimum Gasteiger partial charge on any atom is -0.454 e. The van der Waals surface area contributed by atoms with E-state index in [9.17, 15) is 9.59 Å². The topological polar surface area (TPSA) is 43.4 Å². The molecule has 3 unspecified atom stereocenters. The summed E-state index contributed by atoms with van der Waals surface area (Å²) in [6, 6.07) is 0. The third kappa shape index (κ3) is 15.0. The Morgan fingerprint density at radius 2 is 1.67 bits per heavy atom. The van der Waals surface area contributed by atoms with Crippen molar-refractivity contribution in [2.75, 3.05) is 0 Å². The van der Waals surface area contributed by atoms with Crippen LogP contribution in [0.1, 0.15) is 69.2 Å². The molecular weight excluding hydrogens is 364 g/mol. The van der Waals surface area contributed by atoms with E-state index in [4.69, 9.17) is 4.74 Å². The third-order valence-electron chi connectivity index (χ3n) is 4.52. The molecule has 0 aromatic carbocycles. The van der Waals surface area contributed by atoms with Crippen molar-refractivity contribution in [1.82, 2.24) is 0 Å². The Bertz CT molecular complexity index is 589. The predicted octanol–water partition coefficient (Wildman–Crippen LogP) is 2.44. The molecular formula is C20H34B7O3. The van der Waals surface area contributed by atoms with Gasteiger partial charge in [-0.3, -0.25) is 4.79 Å². The number of rotatable bonds is 3. The van der Waals surface area contributed by atoms with Crippen LogP contribution in [0.4, 0.5) is 0 Å². The standard InChI is InChI=1S/C10H14O2.C10H18O.B4.B3.H2/c1-6(2)5-9-7(3)10(11)12-8(9)4;1-7(2)4-9-6-10(11)5-8(9)3;1-4(2)3;1-3-2;/h5,8H,1-4H3;7-9H,4-6H2,1-3H3;;;1H. The van der Waals surface area contributed by atoms with Crippen LogP contribution >= 0.6 is 0 Å². The number of esters is 1. The first-order valence-electron chi connectivity index (χ1n) is 10.4. The van der Waals surface area contributed by atoms with Crippen LogP contribution in [0.5, 0.6) is 0 Å². The maximum absolute atomic E-state index is 11.1. The smallest absolute Gasteiger partial charge is 0.334 e. The molecule has 1 aliphatic heterocycles. The van der Waals surface area contributed by atoms with E-state index in [1.54, 1.807) is 6.92 Å². The van der Waals surface area contributed by atoms with Gasteiger partial charge in [-0.25, -0.2) is 4.79 Å². The molecule has 30 heavy (non-hydrogen) atoms. The fourth-order valence-corrected chi connectivity index (χ4v) is 3.30. The van der Waals surface area contributed by atoms with Crippen LogP contribution < -0.4 is 0 Å². The van der Waals surface area contributed by atoms with Gasteiger partial charge in [0.25, 0.3) is 0 Å². The fourth-order valence-electron chi connectivity index (χ4n) is 3.30. The molecule has 10 heteroatoms. The minimum absolute atomic E-state index is 0. The Labute approximate surface area is 194 Å². The van der Waals surface area contributed by atoms with E-state index in [1.165, 1.54) is 12.0 Å². The van der Waals surface area contributed by atoms with E-state index in [-0.39, 0.29) is 13.5 Å². The zero-order chi connectivity index (χ0) is 24.0. The van der Waals surface area contributed by atoms with Crippen molar-refractivity contribution in [1.29, 1.82) is 0 Å². The summed E-state index contributed by atoms with van der Waals surface area (Å²) in [6.07, 6.45) is 4.17. The summed E-state index contributed by atoms with van der Waals surface area (Å²) >= 11 is 0. The van der Waals surface area contributed by atoms with Crippen LogP contribution in [-0.2, 0) is 14.3 Å². The van der Waals surface area contributed by atoms with Crippen molar-refractivity contribution in [2.24, 2.45) is 17.8 Å². The van der Waals surface area contributed by atoms with E-state index in [0.717, 1.165) is 37.0 Å². The molecule has 1 heterocycles. The second-order valence-electron chi connectivity index (χ2n) is 8.43. The quantitative estimate of drug-likeness (QED) is 0.542. The molecule has 153 valence electrons. The van der Waals surface area contributed by atoms with Gasteiger partial charge < -0.3 is 4.74 Å². The number of hydrogen-bond acceptors (Lipinski definition) is 3. The van der Waals surface area contributed by atoms with Crippen LogP contribution in [0.2, 0.25) is 0 Å². The Morgan fingerprint density at radius 1 is 1.20 bits per heavy atom. The number of ether oxygens (including phenoxy) is 1. The highest BCUT2D eigenvalue weighted by atomic mass is 16.5. The molecule has 3 atom stereocenters. The highest BCUT2D eigenvalue weighted by Gasteiger charge is 2.29. The molecule has 1 aliphatic carbocycles. The van der Waals surface area contributed by atoms with E-state index < -0.39 is 6.39 Å². The maximum Gasteiger partial charge on any atom is 0.334 e. The minimum atomic E-state index is -0.667. The van der Waals surface area contributed by atoms with Crippen molar-refractivity contribution in [2.45, 2.75) is 73.8 Å². The maximum atomic E-state index is 11.1. The average molecular weight is 398 g/mol. The SMILES string of the molecule is CC(C)=CC1=C(C)C(=O)OC1C.CC(C)CC1CC(=O)CC1C.[B]B([B])[B].[B][B][B].[HH]. The summed E-state index contributed by atoms with van der Waals surface area (Å²) in [5.74, 6) is 2.36. The van der Waals surface area contributed by atoms with E-state index in [2.05, 4.69) is 59.5 Å². The van der Waals surface area contributed by atoms with Gasteiger partial charge in [-0.2, -0.15) is 0 Å². The molecule has 0 saturated heterocycles. The lowest BCUT2D eigenvalue weighted by Crippen LogP contribution is -2.11. The molecule has 0 spiro atoms. The van der Waals surface area contributed by atoms with Crippen molar-refractivity contribution < 1.29 is 15.8 Å². The third-order valence-corrected chi connectivity index (χ3v) is 4.52. The van der Waals surface area contributed by atoms with Crippen LogP contribution in [0, 0.1) is 17.8 Å². The molecule has 2 aliphatic rings. The highest BCUT2D eigenvalue weighted by molar-refractivity contribution is 7.49. The number of ketones is 1. The van der Waals surface area contributed by atoms with Gasteiger partial charge in [0.15, 0.2) is 0 Å². The first kappa shape index (κ1) is 31.3. The van der Waals surface area contributed by atoms with Crippen molar-refractivity contribution >= 4 is 63.9 Å². The Morgan fingerprint density at radius 3 is 1.93 bits per heavy atom. The fraction of sp³-hybridized carbons (Fsp3) is 0.700. The van der Waals surface area contributed by atoms with E-state index in [0.29, 0.717) is 17.6 Å². The summed E-state index contributed by atoms with van der Waals surface area (Å²) in [5.41, 5.74) is 2.94. The molecule has 2 rings (SSSR count). The van der Waals surface area contributed by atoms with Gasteiger partial charge in [0.05, 0.1) is 0 Å². The largest absolute Gasteiger partial charge is 0.454 e. The predicted molar refractivity (Wildman–Crippen MR) is 136 cm³/mol. The van der Waals surface area contributed by atoms with Crippen LogP contribution in [-0.4, -0.2) is 70.0 Å². The van der Waals surface area contributed by atoms with Crippen LogP contribution in [0.15, 0.2) is 22.8 Å². The first-order valence-corrected chi connectivity index (χ1v) is 10.4. The van der Waals surface area contributed by atoms with Crippen LogP contribution in [0.3, 0.4) is 0 Å². The Balaban J connectivity index is -0.000000382. The van der Waals surface area contributed by atoms with Gasteiger partial charge >= 0.3 is 5.97 Å². The van der Waals surface area contributed by atoms with Crippen molar-refractivity contribution in [3.63, 3.8) is 0 Å². The summed E-state index contributed by atoms with van der Waals surface area (Å²) in [5, 5.41) is 0. The lowest BCUT2D eigenvalue weighted by molar-refractivity contribution is -0.139. The lowest BCUT2D eigenvalue weighted by Gasteiger charge is -2.15. The zero-order valence-corrected chi connectivity index (χ0v) is 19.8. The second kappa shape index (κ2) is 16.7. The molecule has 0 aromatic rings. The van der Waals surface area contributed by atoms with E-state index in [1.807, 2.05) is 26.8 Å². The number of carbonyl (C=O) groups excluding carboxylic acids is 2. The monoisotopic (exact) mass is 399 g/mol. The highest BCUT2D eigenvalue weighted by Crippen LogP contribution is 2.33. The van der Waals surface area contributed by atoms with Gasteiger partial charge in [-0.15, -0.1) is 0 Å². The first-order chi connectivity index (χ1) is 13.8. The lowest BCUT2D eigenvalue weighted by atomic mass is 9.08. The number of Topliss-reactive ketones (excluding diaryl/α,β-unsaturated/α-hetero) is 1. The molecule has 3 nitrogen and oxygen atoms in total. The number of carbonyl (C=O) groups is 2. The second-order valence-corrected chi connectivity index (χ2v) is 8.43. The van der Waals surface area contributed by atoms with Crippen molar-refractivity contribution in [3.8, 4) is 0 Å². The van der Waals surface area contributed by atoms with Gasteiger partial charge in [0.2, 0.25) is 0 Å². The number of hydrogen-bond donors (Lipinski definition) is 0. The molecule has 0 N–H and O–H groups in total. The molecule has 0 bridgehead atoms. The normalized spacial score (nSPS) is 21.9. The molecule has 0 aromatic heterocycles. The summed E-state index contributed by atoms with van der Waals surface area (Å²) < 4.78 is 5.03. The summed E-state index contributed by atoms with van der Waals surface area (Å²) in [7, 11) is 24.0. The van der Waals surface area contributed by atoms with Gasteiger partial charge in [0, 0.05) is 77.5 Å². The van der Waals surface area contributed by atoms with E-state index >= 15 is 0 Å². The van der Waals surface area contributed by atoms with Crippen LogP contribution in [0.25, 0.3) is 0 Å². The molecule has 1 fully saturated rings. The summed E-state index contributed by atoms with van der Waals surface area (Å²) in [6.45, 7) is 14.4.